The van der Waals surface area contributed by atoms with Crippen LogP contribution in [0, 0.1) is 29.5 Å². The summed E-state index contributed by atoms with van der Waals surface area (Å²) in [6.07, 6.45) is 6.51. The SMILES string of the molecule is C#CCOc1c(Cl)cc(/C=C(\C#N)C(=O)Nc2ccccc2F)cc1OCC. The largest absolute Gasteiger partial charge is 0.490 e. The normalized spacial score (nSPS) is 10.5. The van der Waals surface area contributed by atoms with Gasteiger partial charge in [-0.25, -0.2) is 4.39 Å². The van der Waals surface area contributed by atoms with Crippen LogP contribution in [0.3, 0.4) is 0 Å². The summed E-state index contributed by atoms with van der Waals surface area (Å²) < 4.78 is 24.6. The second kappa shape index (κ2) is 10.0. The average Bonchev–Trinajstić information content (AvgIpc) is 2.67. The Morgan fingerprint density at radius 1 is 1.36 bits per heavy atom. The van der Waals surface area contributed by atoms with Gasteiger partial charge in [0.05, 0.1) is 17.3 Å². The highest BCUT2D eigenvalue weighted by molar-refractivity contribution is 6.32. The summed E-state index contributed by atoms with van der Waals surface area (Å²) in [5, 5.41) is 11.9. The minimum absolute atomic E-state index is 0.00344. The summed E-state index contributed by atoms with van der Waals surface area (Å²) >= 11 is 6.23. The Labute approximate surface area is 167 Å². The fraction of sp³-hybridized carbons (Fsp3) is 0.143. The van der Waals surface area contributed by atoms with E-state index in [2.05, 4.69) is 11.2 Å². The molecule has 0 heterocycles. The molecule has 0 bridgehead atoms. The molecule has 0 unspecified atom stereocenters. The monoisotopic (exact) mass is 398 g/mol. The maximum atomic E-state index is 13.7. The standard InChI is InChI=1S/C21H16ClFN2O3/c1-3-9-28-20-16(22)11-14(12-19(20)27-4-2)10-15(13-24)21(26)25-18-8-6-5-7-17(18)23/h1,5-8,10-12H,4,9H2,2H3,(H,25,26)/b15-10+. The van der Waals surface area contributed by atoms with Gasteiger partial charge >= 0.3 is 0 Å². The minimum Gasteiger partial charge on any atom is -0.490 e. The van der Waals surface area contributed by atoms with E-state index >= 15 is 0 Å². The van der Waals surface area contributed by atoms with Crippen LogP contribution in [0.5, 0.6) is 11.5 Å². The number of nitriles is 1. The molecule has 0 radical (unpaired) electrons. The first kappa shape index (κ1) is 20.8. The van der Waals surface area contributed by atoms with Gasteiger partial charge in [-0.2, -0.15) is 5.26 Å². The van der Waals surface area contributed by atoms with Gasteiger partial charge in [0, 0.05) is 0 Å². The number of para-hydroxylation sites is 1. The highest BCUT2D eigenvalue weighted by Crippen LogP contribution is 2.37. The van der Waals surface area contributed by atoms with Crippen molar-refractivity contribution in [1.82, 2.24) is 0 Å². The van der Waals surface area contributed by atoms with Crippen LogP contribution >= 0.6 is 11.6 Å². The molecule has 2 aromatic carbocycles. The van der Waals surface area contributed by atoms with E-state index in [0.717, 1.165) is 0 Å². The molecule has 0 saturated heterocycles. The van der Waals surface area contributed by atoms with E-state index in [9.17, 15) is 14.4 Å². The van der Waals surface area contributed by atoms with Crippen molar-refractivity contribution >= 4 is 29.3 Å². The first-order chi connectivity index (χ1) is 13.5. The molecule has 0 aromatic heterocycles. The van der Waals surface area contributed by atoms with Crippen LogP contribution in [0.4, 0.5) is 10.1 Å². The Hall–Kier alpha value is -3.48. The number of amides is 1. The number of carbonyl (C=O) groups excluding carboxylic acids is 1. The van der Waals surface area contributed by atoms with Gasteiger partial charge in [0.1, 0.15) is 24.1 Å². The number of nitrogens with zero attached hydrogens (tertiary/aromatic N) is 1. The Morgan fingerprint density at radius 2 is 2.11 bits per heavy atom. The number of benzene rings is 2. The molecule has 0 spiro atoms. The van der Waals surface area contributed by atoms with Crippen LogP contribution in [0.1, 0.15) is 12.5 Å². The summed E-state index contributed by atoms with van der Waals surface area (Å²) in [7, 11) is 0. The number of hydrogen-bond donors (Lipinski definition) is 1. The Morgan fingerprint density at radius 3 is 2.75 bits per heavy atom. The highest BCUT2D eigenvalue weighted by atomic mass is 35.5. The van der Waals surface area contributed by atoms with Crippen molar-refractivity contribution < 1.29 is 18.7 Å². The third-order valence-corrected chi connectivity index (χ3v) is 3.71. The molecule has 28 heavy (non-hydrogen) atoms. The first-order valence-corrected chi connectivity index (χ1v) is 8.58. The lowest BCUT2D eigenvalue weighted by Gasteiger charge is -2.13. The van der Waals surface area contributed by atoms with E-state index in [1.807, 2.05) is 0 Å². The zero-order chi connectivity index (χ0) is 20.5. The van der Waals surface area contributed by atoms with Crippen molar-refractivity contribution in [3.8, 4) is 29.9 Å². The number of ether oxygens (including phenoxy) is 2. The molecule has 0 atom stereocenters. The van der Waals surface area contributed by atoms with Crippen molar-refractivity contribution in [3.05, 3.63) is 58.4 Å². The van der Waals surface area contributed by atoms with E-state index in [-0.39, 0.29) is 28.6 Å². The van der Waals surface area contributed by atoms with Crippen LogP contribution < -0.4 is 14.8 Å². The molecular formula is C21H16ClFN2O3. The number of carbonyl (C=O) groups is 1. The van der Waals surface area contributed by atoms with E-state index in [4.69, 9.17) is 27.5 Å². The fourth-order valence-corrected chi connectivity index (χ4v) is 2.53. The molecule has 2 rings (SSSR count). The van der Waals surface area contributed by atoms with Gasteiger partial charge in [-0.3, -0.25) is 4.79 Å². The predicted octanol–water partition coefficient (Wildman–Crippen LogP) is 4.44. The average molecular weight is 399 g/mol. The summed E-state index contributed by atoms with van der Waals surface area (Å²) in [4.78, 5) is 12.3. The molecule has 0 fully saturated rings. The lowest BCUT2D eigenvalue weighted by molar-refractivity contribution is -0.112. The number of rotatable bonds is 7. The Bertz CT molecular complexity index is 990. The summed E-state index contributed by atoms with van der Waals surface area (Å²) in [6, 6.07) is 10.5. The minimum atomic E-state index is -0.755. The molecule has 142 valence electrons. The van der Waals surface area contributed by atoms with E-state index in [0.29, 0.717) is 17.9 Å². The molecular weight excluding hydrogens is 383 g/mol. The van der Waals surface area contributed by atoms with Crippen molar-refractivity contribution in [2.45, 2.75) is 6.92 Å². The van der Waals surface area contributed by atoms with Crippen LogP contribution in [0.2, 0.25) is 5.02 Å². The zero-order valence-corrected chi connectivity index (χ0v) is 15.7. The molecule has 0 saturated carbocycles. The smallest absolute Gasteiger partial charge is 0.266 e. The van der Waals surface area contributed by atoms with Gasteiger partial charge in [-0.15, -0.1) is 6.42 Å². The molecule has 1 amide bonds. The van der Waals surface area contributed by atoms with E-state index in [1.165, 1.54) is 30.3 Å². The quantitative estimate of drug-likeness (QED) is 0.425. The summed E-state index contributed by atoms with van der Waals surface area (Å²) in [5.41, 5.74) is 0.167. The van der Waals surface area contributed by atoms with Crippen molar-refractivity contribution in [1.29, 1.82) is 5.26 Å². The van der Waals surface area contributed by atoms with Gasteiger partial charge in [-0.1, -0.05) is 29.7 Å². The second-order valence-corrected chi connectivity index (χ2v) is 5.77. The molecule has 2 aromatic rings. The van der Waals surface area contributed by atoms with E-state index < -0.39 is 11.7 Å². The Kier molecular flexibility index (Phi) is 7.45. The molecule has 0 aliphatic rings. The van der Waals surface area contributed by atoms with Crippen molar-refractivity contribution in [2.24, 2.45) is 0 Å². The van der Waals surface area contributed by atoms with Crippen LogP contribution in [0.15, 0.2) is 42.0 Å². The number of halogens is 2. The maximum absolute atomic E-state index is 13.7. The van der Waals surface area contributed by atoms with Crippen molar-refractivity contribution in [3.63, 3.8) is 0 Å². The molecule has 5 nitrogen and oxygen atoms in total. The van der Waals surface area contributed by atoms with Gasteiger partial charge in [0.25, 0.3) is 5.91 Å². The van der Waals surface area contributed by atoms with Gasteiger partial charge < -0.3 is 14.8 Å². The molecule has 7 heteroatoms. The van der Waals surface area contributed by atoms with Gasteiger partial charge in [0.2, 0.25) is 0 Å². The lowest BCUT2D eigenvalue weighted by atomic mass is 10.1. The third kappa shape index (κ3) is 5.26. The van der Waals surface area contributed by atoms with Crippen LogP contribution in [0.25, 0.3) is 6.08 Å². The predicted molar refractivity (Wildman–Crippen MR) is 106 cm³/mol. The maximum Gasteiger partial charge on any atom is 0.266 e. The fourth-order valence-electron chi connectivity index (χ4n) is 2.26. The topological polar surface area (TPSA) is 71.3 Å². The lowest BCUT2D eigenvalue weighted by Crippen LogP contribution is -2.14. The van der Waals surface area contributed by atoms with E-state index in [1.54, 1.807) is 25.1 Å². The molecule has 0 aliphatic heterocycles. The summed E-state index contributed by atoms with van der Waals surface area (Å²) in [6.45, 7) is 2.13. The third-order valence-electron chi connectivity index (χ3n) is 3.43. The number of nitrogens with one attached hydrogen (secondary N) is 1. The summed E-state index contributed by atoms with van der Waals surface area (Å²) in [5.74, 6) is 1.57. The van der Waals surface area contributed by atoms with Crippen LogP contribution in [-0.2, 0) is 4.79 Å². The van der Waals surface area contributed by atoms with Gasteiger partial charge in [0.15, 0.2) is 11.5 Å². The zero-order valence-electron chi connectivity index (χ0n) is 15.0. The molecule has 0 aliphatic carbocycles. The number of terminal acetylenes is 1. The second-order valence-electron chi connectivity index (χ2n) is 5.36. The van der Waals surface area contributed by atoms with Crippen molar-refractivity contribution in [2.75, 3.05) is 18.5 Å². The first-order valence-electron chi connectivity index (χ1n) is 8.20. The van der Waals surface area contributed by atoms with Gasteiger partial charge in [-0.05, 0) is 42.8 Å². The highest BCUT2D eigenvalue weighted by Gasteiger charge is 2.15. The Balaban J connectivity index is 2.35. The number of hydrogen-bond acceptors (Lipinski definition) is 4. The van der Waals surface area contributed by atoms with Crippen LogP contribution in [-0.4, -0.2) is 19.1 Å². The molecule has 1 N–H and O–H groups in total. The number of anilines is 1.